The predicted octanol–water partition coefficient (Wildman–Crippen LogP) is 1.51. The molecule has 0 bridgehead atoms. The molecule has 9 heteroatoms. The highest BCUT2D eigenvalue weighted by atomic mass is 35.5. The molecule has 3 rings (SSSR count). The van der Waals surface area contributed by atoms with Gasteiger partial charge >= 0.3 is 0 Å². The first kappa shape index (κ1) is 18.4. The molecular formula is C16H18Cl2N2O5. The van der Waals surface area contributed by atoms with Gasteiger partial charge in [-0.2, -0.15) is 0 Å². The van der Waals surface area contributed by atoms with Crippen LogP contribution < -0.4 is 4.90 Å². The number of aliphatic hydroxyl groups is 3. The predicted molar refractivity (Wildman–Crippen MR) is 94.7 cm³/mol. The van der Waals surface area contributed by atoms with Crippen LogP contribution >= 0.6 is 23.2 Å². The number of anilines is 1. The first-order valence-electron chi connectivity index (χ1n) is 7.60. The molecule has 1 aliphatic rings. The number of aliphatic hydroxyl groups excluding tert-OH is 3. The Balaban J connectivity index is 2.30. The number of H-pyrrole nitrogens is 1. The van der Waals surface area contributed by atoms with Gasteiger partial charge in [0.1, 0.15) is 30.2 Å². The van der Waals surface area contributed by atoms with E-state index >= 15 is 0 Å². The van der Waals surface area contributed by atoms with Gasteiger partial charge in [-0.3, -0.25) is 4.79 Å². The third-order valence-corrected chi connectivity index (χ3v) is 5.23. The van der Waals surface area contributed by atoms with Crippen molar-refractivity contribution in [3.63, 3.8) is 0 Å². The number of aromatic amines is 1. The van der Waals surface area contributed by atoms with E-state index in [2.05, 4.69) is 4.98 Å². The van der Waals surface area contributed by atoms with Gasteiger partial charge in [0.05, 0.1) is 22.2 Å². The van der Waals surface area contributed by atoms with Crippen LogP contribution in [0.4, 0.5) is 5.82 Å². The topological polar surface area (TPSA) is 106 Å². The lowest BCUT2D eigenvalue weighted by atomic mass is 9.96. The van der Waals surface area contributed by atoms with E-state index in [0.717, 1.165) is 0 Å². The van der Waals surface area contributed by atoms with Crippen molar-refractivity contribution in [1.29, 1.82) is 0 Å². The molecule has 1 fully saturated rings. The molecule has 4 atom stereocenters. The standard InChI is InChI=1S/C16H18Cl2N2O5/c1-20(2)16-6(4-21)10-8(19-16)3-7(17)12(18)11(10)15-14(24)13(23)9(5-22)25-15/h3-4,9,13-15,19,22-24H,5H2,1-2H3/t9-,13-,14-,15+/m1/s1. The fourth-order valence-electron chi connectivity index (χ4n) is 3.22. The number of aromatic nitrogens is 1. The summed E-state index contributed by atoms with van der Waals surface area (Å²) in [7, 11) is 3.54. The molecule has 4 N–H and O–H groups in total. The fourth-order valence-corrected chi connectivity index (χ4v) is 3.69. The molecule has 1 aliphatic heterocycles. The number of nitrogens with one attached hydrogen (secondary N) is 1. The number of carbonyl (C=O) groups is 1. The summed E-state index contributed by atoms with van der Waals surface area (Å²) in [5.74, 6) is 0.552. The van der Waals surface area contributed by atoms with Crippen molar-refractivity contribution < 1.29 is 24.9 Å². The van der Waals surface area contributed by atoms with Crippen LogP contribution in [-0.4, -0.2) is 65.6 Å². The number of ether oxygens (including phenoxy) is 1. The normalized spacial score (nSPS) is 26.4. The Bertz CT molecular complexity index is 823. The molecule has 0 spiro atoms. The van der Waals surface area contributed by atoms with E-state index in [0.29, 0.717) is 34.1 Å². The van der Waals surface area contributed by atoms with Crippen molar-refractivity contribution in [1.82, 2.24) is 4.98 Å². The monoisotopic (exact) mass is 388 g/mol. The lowest BCUT2D eigenvalue weighted by Gasteiger charge is -2.19. The van der Waals surface area contributed by atoms with Gasteiger partial charge < -0.3 is 29.9 Å². The van der Waals surface area contributed by atoms with Crippen molar-refractivity contribution >= 4 is 46.2 Å². The molecule has 0 saturated carbocycles. The van der Waals surface area contributed by atoms with Gasteiger partial charge in [0.25, 0.3) is 0 Å². The number of aldehydes is 1. The van der Waals surface area contributed by atoms with Gasteiger partial charge in [-0.15, -0.1) is 0 Å². The molecule has 136 valence electrons. The van der Waals surface area contributed by atoms with Gasteiger partial charge in [0.15, 0.2) is 6.29 Å². The first-order valence-corrected chi connectivity index (χ1v) is 8.35. The van der Waals surface area contributed by atoms with E-state index in [-0.39, 0.29) is 10.0 Å². The number of fused-ring (bicyclic) bond motifs is 1. The van der Waals surface area contributed by atoms with Gasteiger partial charge in [-0.25, -0.2) is 0 Å². The second-order valence-electron chi connectivity index (χ2n) is 6.17. The largest absolute Gasteiger partial charge is 0.394 e. The summed E-state index contributed by atoms with van der Waals surface area (Å²) in [6, 6.07) is 1.59. The lowest BCUT2D eigenvalue weighted by Crippen LogP contribution is -2.32. The van der Waals surface area contributed by atoms with Crippen LogP contribution in [-0.2, 0) is 4.74 Å². The van der Waals surface area contributed by atoms with Crippen molar-refractivity contribution in [2.24, 2.45) is 0 Å². The van der Waals surface area contributed by atoms with E-state index in [9.17, 15) is 20.1 Å². The maximum Gasteiger partial charge on any atom is 0.154 e. The maximum atomic E-state index is 11.7. The quantitative estimate of drug-likeness (QED) is 0.591. The van der Waals surface area contributed by atoms with E-state index < -0.39 is 31.0 Å². The number of halogens is 2. The third-order valence-electron chi connectivity index (χ3n) is 4.43. The molecule has 2 heterocycles. The fraction of sp³-hybridized carbons (Fsp3) is 0.438. The van der Waals surface area contributed by atoms with Crippen LogP contribution in [0.1, 0.15) is 22.0 Å². The average molecular weight is 389 g/mol. The van der Waals surface area contributed by atoms with Crippen molar-refractivity contribution in [2.45, 2.75) is 24.4 Å². The van der Waals surface area contributed by atoms with Crippen LogP contribution in [0.2, 0.25) is 10.0 Å². The Morgan fingerprint density at radius 2 is 2.00 bits per heavy atom. The molecule has 1 aromatic heterocycles. The summed E-state index contributed by atoms with van der Waals surface area (Å²) in [5, 5.41) is 30.5. The smallest absolute Gasteiger partial charge is 0.154 e. The van der Waals surface area contributed by atoms with Crippen LogP contribution in [0.15, 0.2) is 6.07 Å². The van der Waals surface area contributed by atoms with E-state index in [1.807, 2.05) is 0 Å². The molecule has 1 saturated heterocycles. The van der Waals surface area contributed by atoms with Crippen LogP contribution in [0.25, 0.3) is 10.9 Å². The van der Waals surface area contributed by atoms with Crippen molar-refractivity contribution in [2.75, 3.05) is 25.6 Å². The summed E-state index contributed by atoms with van der Waals surface area (Å²) in [6.07, 6.45) is -3.92. The molecule has 25 heavy (non-hydrogen) atoms. The third kappa shape index (κ3) is 2.81. The molecule has 0 unspecified atom stereocenters. The Morgan fingerprint density at radius 1 is 1.32 bits per heavy atom. The first-order chi connectivity index (χ1) is 11.8. The highest BCUT2D eigenvalue weighted by Gasteiger charge is 2.45. The number of hydrogen-bond donors (Lipinski definition) is 4. The maximum absolute atomic E-state index is 11.7. The van der Waals surface area contributed by atoms with Gasteiger partial charge in [0, 0.05) is 30.6 Å². The highest BCUT2D eigenvalue weighted by molar-refractivity contribution is 6.43. The summed E-state index contributed by atoms with van der Waals surface area (Å²) < 4.78 is 5.60. The number of rotatable bonds is 4. The number of nitrogens with zero attached hydrogens (tertiary/aromatic N) is 1. The van der Waals surface area contributed by atoms with Gasteiger partial charge in [0.2, 0.25) is 0 Å². The zero-order chi connectivity index (χ0) is 18.5. The van der Waals surface area contributed by atoms with E-state index in [1.54, 1.807) is 25.1 Å². The summed E-state index contributed by atoms with van der Waals surface area (Å²) in [5.41, 5.74) is 1.19. The van der Waals surface area contributed by atoms with Crippen LogP contribution in [0.3, 0.4) is 0 Å². The molecule has 1 aromatic carbocycles. The number of benzene rings is 1. The zero-order valence-corrected chi connectivity index (χ0v) is 15.0. The van der Waals surface area contributed by atoms with Crippen LogP contribution in [0, 0.1) is 0 Å². The highest BCUT2D eigenvalue weighted by Crippen LogP contribution is 2.45. The Labute approximate surface area is 153 Å². The summed E-state index contributed by atoms with van der Waals surface area (Å²) in [4.78, 5) is 16.6. The van der Waals surface area contributed by atoms with Gasteiger partial charge in [-0.1, -0.05) is 23.2 Å². The number of hydrogen-bond acceptors (Lipinski definition) is 6. The van der Waals surface area contributed by atoms with Gasteiger partial charge in [-0.05, 0) is 6.07 Å². The lowest BCUT2D eigenvalue weighted by molar-refractivity contribution is -0.0223. The zero-order valence-electron chi connectivity index (χ0n) is 13.5. The average Bonchev–Trinajstić information content (AvgIpc) is 3.07. The summed E-state index contributed by atoms with van der Waals surface area (Å²) in [6.45, 7) is -0.466. The Kier molecular flexibility index (Phi) is 4.98. The second-order valence-corrected chi connectivity index (χ2v) is 6.95. The molecular weight excluding hydrogens is 371 g/mol. The molecule has 2 aromatic rings. The minimum Gasteiger partial charge on any atom is -0.394 e. The van der Waals surface area contributed by atoms with E-state index in [1.165, 1.54) is 0 Å². The second kappa shape index (κ2) is 6.75. The molecule has 7 nitrogen and oxygen atoms in total. The van der Waals surface area contributed by atoms with Crippen molar-refractivity contribution in [3.05, 3.63) is 27.2 Å². The minimum atomic E-state index is -1.33. The molecule has 0 radical (unpaired) electrons. The van der Waals surface area contributed by atoms with Crippen LogP contribution in [0.5, 0.6) is 0 Å². The van der Waals surface area contributed by atoms with E-state index in [4.69, 9.17) is 27.9 Å². The summed E-state index contributed by atoms with van der Waals surface area (Å²) >= 11 is 12.6. The minimum absolute atomic E-state index is 0.122. The van der Waals surface area contributed by atoms with Crippen molar-refractivity contribution in [3.8, 4) is 0 Å². The molecule has 0 amide bonds. The number of carbonyl (C=O) groups excluding carboxylic acids is 1. The Morgan fingerprint density at radius 3 is 2.52 bits per heavy atom. The molecule has 0 aliphatic carbocycles. The SMILES string of the molecule is CN(C)c1[nH]c2cc(Cl)c(Cl)c([C@@H]3O[C@H](CO)[C@@H](O)[C@H]3O)c2c1C=O. The Hall–Kier alpha value is -1.35.